The smallest absolute Gasteiger partial charge is 0.255 e. The van der Waals surface area contributed by atoms with Crippen molar-refractivity contribution in [2.75, 3.05) is 6.54 Å². The highest BCUT2D eigenvalue weighted by Gasteiger charge is 2.32. The van der Waals surface area contributed by atoms with Crippen LogP contribution in [0.25, 0.3) is 11.1 Å². The Labute approximate surface area is 169 Å². The molecule has 5 nitrogen and oxygen atoms in total. The average molecular weight is 393 g/mol. The first-order valence-corrected chi connectivity index (χ1v) is 10.5. The van der Waals surface area contributed by atoms with E-state index >= 15 is 0 Å². The zero-order valence-corrected chi connectivity index (χ0v) is 17.3. The second-order valence-electron chi connectivity index (χ2n) is 7.36. The molecule has 1 aliphatic heterocycles. The summed E-state index contributed by atoms with van der Waals surface area (Å²) in [6.07, 6.45) is 8.59. The Morgan fingerprint density at radius 3 is 2.79 bits per heavy atom. The first-order valence-electron chi connectivity index (χ1n) is 9.65. The molecular weight excluding hydrogens is 368 g/mol. The number of aryl methyl sites for hydroxylation is 3. The molecule has 6 heteroatoms. The van der Waals surface area contributed by atoms with Crippen molar-refractivity contribution in [1.82, 2.24) is 19.9 Å². The quantitative estimate of drug-likeness (QED) is 0.636. The Morgan fingerprint density at radius 2 is 2.04 bits per heavy atom. The van der Waals surface area contributed by atoms with Gasteiger partial charge >= 0.3 is 0 Å². The minimum Gasteiger partial charge on any atom is -0.330 e. The van der Waals surface area contributed by atoms with Crippen molar-refractivity contribution in [3.8, 4) is 11.1 Å². The minimum atomic E-state index is -0.0364. The summed E-state index contributed by atoms with van der Waals surface area (Å²) in [6, 6.07) is 3.95. The molecule has 1 amide bonds. The van der Waals surface area contributed by atoms with E-state index in [0.717, 1.165) is 64.5 Å². The van der Waals surface area contributed by atoms with Crippen LogP contribution in [-0.2, 0) is 0 Å². The highest BCUT2D eigenvalue weighted by Crippen LogP contribution is 2.37. The number of rotatable bonds is 3. The van der Waals surface area contributed by atoms with Gasteiger partial charge in [-0.3, -0.25) is 9.78 Å². The molecule has 0 aliphatic carbocycles. The lowest BCUT2D eigenvalue weighted by Gasteiger charge is -2.36. The van der Waals surface area contributed by atoms with Crippen LogP contribution >= 0.6 is 11.3 Å². The van der Waals surface area contributed by atoms with Gasteiger partial charge in [0.25, 0.3) is 5.91 Å². The molecule has 4 rings (SSSR count). The van der Waals surface area contributed by atoms with Gasteiger partial charge in [-0.15, -0.1) is 11.3 Å². The number of aromatic nitrogens is 3. The van der Waals surface area contributed by atoms with E-state index in [9.17, 15) is 4.79 Å². The van der Waals surface area contributed by atoms with Crippen LogP contribution in [0.3, 0.4) is 0 Å². The summed E-state index contributed by atoms with van der Waals surface area (Å²) in [5.41, 5.74) is 4.88. The van der Waals surface area contributed by atoms with Gasteiger partial charge in [0.15, 0.2) is 0 Å². The van der Waals surface area contributed by atoms with Crippen LogP contribution < -0.4 is 0 Å². The van der Waals surface area contributed by atoms with Gasteiger partial charge in [-0.2, -0.15) is 0 Å². The molecule has 0 bridgehead atoms. The Morgan fingerprint density at radius 1 is 1.18 bits per heavy atom. The molecule has 0 saturated carbocycles. The molecule has 0 N–H and O–H groups in total. The monoisotopic (exact) mass is 392 g/mol. The largest absolute Gasteiger partial charge is 0.330 e. The number of hydrogen-bond acceptors (Lipinski definition) is 5. The van der Waals surface area contributed by atoms with Crippen molar-refractivity contribution in [2.45, 2.75) is 46.1 Å². The van der Waals surface area contributed by atoms with Crippen LogP contribution in [-0.4, -0.2) is 32.3 Å². The van der Waals surface area contributed by atoms with E-state index in [4.69, 9.17) is 4.98 Å². The second-order valence-corrected chi connectivity index (χ2v) is 8.48. The highest BCUT2D eigenvalue weighted by atomic mass is 32.1. The third-order valence-corrected chi connectivity index (χ3v) is 6.17. The Bertz CT molecular complexity index is 1010. The molecule has 144 valence electrons. The van der Waals surface area contributed by atoms with E-state index in [1.54, 1.807) is 17.5 Å². The first kappa shape index (κ1) is 18.7. The minimum absolute atomic E-state index is 0.0364. The predicted molar refractivity (Wildman–Crippen MR) is 111 cm³/mol. The predicted octanol–water partition coefficient (Wildman–Crippen LogP) is 4.89. The van der Waals surface area contributed by atoms with E-state index in [1.165, 1.54) is 0 Å². The molecule has 0 radical (unpaired) electrons. The van der Waals surface area contributed by atoms with Gasteiger partial charge in [-0.05, 0) is 63.3 Å². The van der Waals surface area contributed by atoms with Crippen molar-refractivity contribution >= 4 is 17.2 Å². The van der Waals surface area contributed by atoms with Crippen LogP contribution in [0.1, 0.15) is 57.6 Å². The molecule has 1 fully saturated rings. The van der Waals surface area contributed by atoms with Crippen molar-refractivity contribution in [3.05, 3.63) is 63.6 Å². The fourth-order valence-corrected chi connectivity index (χ4v) is 4.58. The number of hydrogen-bond donors (Lipinski definition) is 0. The van der Waals surface area contributed by atoms with Gasteiger partial charge in [0.1, 0.15) is 5.82 Å². The summed E-state index contributed by atoms with van der Waals surface area (Å²) in [5.74, 6) is 0.831. The Hall–Kier alpha value is -2.60. The van der Waals surface area contributed by atoms with Crippen molar-refractivity contribution < 1.29 is 4.79 Å². The molecule has 4 heterocycles. The second kappa shape index (κ2) is 7.80. The third-order valence-electron chi connectivity index (χ3n) is 5.31. The van der Waals surface area contributed by atoms with Crippen molar-refractivity contribution in [2.24, 2.45) is 0 Å². The molecule has 3 aromatic rings. The Balaban J connectivity index is 1.79. The molecule has 1 atom stereocenters. The van der Waals surface area contributed by atoms with Gasteiger partial charge in [-0.1, -0.05) is 0 Å². The molecule has 0 spiro atoms. The molecule has 0 aromatic carbocycles. The van der Waals surface area contributed by atoms with Gasteiger partial charge in [0.2, 0.25) is 0 Å². The summed E-state index contributed by atoms with van der Waals surface area (Å²) in [6.45, 7) is 6.75. The summed E-state index contributed by atoms with van der Waals surface area (Å²) in [7, 11) is 0. The summed E-state index contributed by atoms with van der Waals surface area (Å²) < 4.78 is 0. The number of likely N-dealkylation sites (tertiary alicyclic amines) is 1. The van der Waals surface area contributed by atoms with Crippen molar-refractivity contribution in [3.63, 3.8) is 0 Å². The lowest BCUT2D eigenvalue weighted by Crippen LogP contribution is -2.39. The normalized spacial score (nSPS) is 17.0. The van der Waals surface area contributed by atoms with Crippen molar-refractivity contribution in [1.29, 1.82) is 0 Å². The third kappa shape index (κ3) is 3.56. The van der Waals surface area contributed by atoms with E-state index < -0.39 is 0 Å². The van der Waals surface area contributed by atoms with E-state index in [0.29, 0.717) is 0 Å². The number of carbonyl (C=O) groups is 1. The van der Waals surface area contributed by atoms with Crippen LogP contribution in [0.2, 0.25) is 0 Å². The van der Waals surface area contributed by atoms with Gasteiger partial charge in [0.05, 0.1) is 17.3 Å². The maximum absolute atomic E-state index is 13.3. The molecule has 3 aromatic heterocycles. The van der Waals surface area contributed by atoms with Crippen LogP contribution in [0, 0.1) is 20.8 Å². The maximum Gasteiger partial charge on any atom is 0.255 e. The van der Waals surface area contributed by atoms with Gasteiger partial charge < -0.3 is 4.90 Å². The number of carbonyl (C=O) groups excluding carboxylic acids is 1. The lowest BCUT2D eigenvalue weighted by atomic mass is 9.92. The van der Waals surface area contributed by atoms with Crippen LogP contribution in [0.5, 0.6) is 0 Å². The Kier molecular flexibility index (Phi) is 5.22. The van der Waals surface area contributed by atoms with Gasteiger partial charge in [-0.25, -0.2) is 9.97 Å². The van der Waals surface area contributed by atoms with E-state index in [1.807, 2.05) is 55.6 Å². The number of piperidine rings is 1. The van der Waals surface area contributed by atoms with Gasteiger partial charge in [0, 0.05) is 41.0 Å². The lowest BCUT2D eigenvalue weighted by molar-refractivity contribution is 0.0607. The standard InChI is InChI=1S/C22H24N4OS/c1-14-11-23-8-7-18(14)19-12-24-16(3)25-21(19)20-6-4-5-9-26(20)22(27)17-10-15(2)28-13-17/h7-8,10-13,20H,4-6,9H2,1-3H3. The topological polar surface area (TPSA) is 59.0 Å². The van der Waals surface area contributed by atoms with Crippen LogP contribution in [0.4, 0.5) is 0 Å². The SMILES string of the molecule is Cc1ncc(-c2ccncc2C)c(C2CCCCN2C(=O)c2csc(C)c2)n1. The molecule has 1 unspecified atom stereocenters. The number of thiophene rings is 1. The average Bonchev–Trinajstić information content (AvgIpc) is 3.14. The summed E-state index contributed by atoms with van der Waals surface area (Å²) >= 11 is 1.62. The highest BCUT2D eigenvalue weighted by molar-refractivity contribution is 7.10. The number of amides is 1. The maximum atomic E-state index is 13.3. The number of pyridine rings is 1. The van der Waals surface area contributed by atoms with E-state index in [2.05, 4.69) is 9.97 Å². The zero-order chi connectivity index (χ0) is 19.7. The fraction of sp³-hybridized carbons (Fsp3) is 0.364. The summed E-state index contributed by atoms with van der Waals surface area (Å²) in [4.78, 5) is 29.9. The molecule has 28 heavy (non-hydrogen) atoms. The fourth-order valence-electron chi connectivity index (χ4n) is 3.90. The summed E-state index contributed by atoms with van der Waals surface area (Å²) in [5, 5.41) is 1.96. The molecule has 1 aliphatic rings. The first-order chi connectivity index (χ1) is 13.5. The van der Waals surface area contributed by atoms with E-state index in [-0.39, 0.29) is 11.9 Å². The molecular formula is C22H24N4OS. The number of nitrogens with zero attached hydrogens (tertiary/aromatic N) is 4. The molecule has 1 saturated heterocycles. The van der Waals surface area contributed by atoms with Crippen LogP contribution in [0.15, 0.2) is 36.1 Å². The zero-order valence-electron chi connectivity index (χ0n) is 16.5.